The minimum atomic E-state index is -0.132. The lowest BCUT2D eigenvalue weighted by Crippen LogP contribution is -2.47. The summed E-state index contributed by atoms with van der Waals surface area (Å²) in [7, 11) is 1.87. The van der Waals surface area contributed by atoms with Gasteiger partial charge in [-0.1, -0.05) is 31.0 Å². The molecule has 4 rings (SSSR count). The van der Waals surface area contributed by atoms with E-state index < -0.39 is 0 Å². The highest BCUT2D eigenvalue weighted by atomic mass is 16.3. The molecule has 1 aliphatic carbocycles. The van der Waals surface area contributed by atoms with Crippen molar-refractivity contribution in [1.82, 2.24) is 15.8 Å². The van der Waals surface area contributed by atoms with Gasteiger partial charge in [-0.05, 0) is 31.9 Å². The van der Waals surface area contributed by atoms with Crippen molar-refractivity contribution in [3.05, 3.63) is 36.1 Å². The monoisotopic (exact) mass is 327 g/mol. The number of likely N-dealkylation sites (N-methyl/N-ethyl adjacent to an activating group) is 1. The molecule has 1 saturated carbocycles. The molecule has 1 aliphatic heterocycles. The van der Waals surface area contributed by atoms with Crippen molar-refractivity contribution in [2.24, 2.45) is 5.92 Å². The van der Waals surface area contributed by atoms with Crippen molar-refractivity contribution in [3.63, 3.8) is 0 Å². The Morgan fingerprint density at radius 2 is 2.04 bits per heavy atom. The maximum absolute atomic E-state index is 13.0. The molecule has 2 heterocycles. The molecular weight excluding hydrogens is 302 g/mol. The fourth-order valence-corrected chi connectivity index (χ4v) is 4.10. The number of amides is 1. The standard InChI is InChI=1S/C19H25N3O2/c1-12(17-11-13-7-3-6-10-16(13)24-17)22(2)19(23)18-14-8-4-5-9-15(14)20-21-18/h3,6-7,10-12,14-15,18,20-21H,4-5,8-9H2,1-2H3. The Kier molecular flexibility index (Phi) is 4.06. The van der Waals surface area contributed by atoms with Gasteiger partial charge in [-0.15, -0.1) is 0 Å². The third kappa shape index (κ3) is 2.62. The summed E-state index contributed by atoms with van der Waals surface area (Å²) in [4.78, 5) is 14.8. The van der Waals surface area contributed by atoms with E-state index in [0.717, 1.165) is 29.6 Å². The third-order valence-electron chi connectivity index (χ3n) is 5.72. The highest BCUT2D eigenvalue weighted by Crippen LogP contribution is 2.32. The summed E-state index contributed by atoms with van der Waals surface area (Å²) in [5.41, 5.74) is 7.43. The Balaban J connectivity index is 1.51. The summed E-state index contributed by atoms with van der Waals surface area (Å²) in [6, 6.07) is 10.2. The van der Waals surface area contributed by atoms with E-state index >= 15 is 0 Å². The zero-order valence-electron chi connectivity index (χ0n) is 14.3. The Bertz CT molecular complexity index is 708. The molecule has 5 heteroatoms. The van der Waals surface area contributed by atoms with Gasteiger partial charge in [0.05, 0.1) is 6.04 Å². The van der Waals surface area contributed by atoms with Crippen molar-refractivity contribution in [3.8, 4) is 0 Å². The lowest BCUT2D eigenvalue weighted by molar-refractivity contribution is -0.135. The van der Waals surface area contributed by atoms with Crippen LogP contribution >= 0.6 is 0 Å². The quantitative estimate of drug-likeness (QED) is 0.910. The topological polar surface area (TPSA) is 57.5 Å². The van der Waals surface area contributed by atoms with Crippen LogP contribution in [0.15, 0.2) is 34.7 Å². The number of para-hydroxylation sites is 1. The lowest BCUT2D eigenvalue weighted by Gasteiger charge is -2.31. The fraction of sp³-hybridized carbons (Fsp3) is 0.526. The zero-order chi connectivity index (χ0) is 16.7. The number of hydrazine groups is 1. The fourth-order valence-electron chi connectivity index (χ4n) is 4.10. The van der Waals surface area contributed by atoms with Gasteiger partial charge >= 0.3 is 0 Å². The Morgan fingerprint density at radius 1 is 1.25 bits per heavy atom. The van der Waals surface area contributed by atoms with E-state index in [1.165, 1.54) is 12.8 Å². The summed E-state index contributed by atoms with van der Waals surface area (Å²) in [5.74, 6) is 1.37. The summed E-state index contributed by atoms with van der Waals surface area (Å²) in [6.45, 7) is 2.02. The molecule has 2 aliphatic rings. The number of hydrogen-bond donors (Lipinski definition) is 2. The van der Waals surface area contributed by atoms with Gasteiger partial charge in [0.2, 0.25) is 5.91 Å². The van der Waals surface area contributed by atoms with Gasteiger partial charge in [0.25, 0.3) is 0 Å². The molecule has 1 amide bonds. The zero-order valence-corrected chi connectivity index (χ0v) is 14.3. The number of nitrogens with one attached hydrogen (secondary N) is 2. The van der Waals surface area contributed by atoms with E-state index in [9.17, 15) is 4.79 Å². The van der Waals surface area contributed by atoms with E-state index in [0.29, 0.717) is 12.0 Å². The van der Waals surface area contributed by atoms with E-state index in [4.69, 9.17) is 4.42 Å². The first-order valence-corrected chi connectivity index (χ1v) is 8.91. The van der Waals surface area contributed by atoms with Crippen LogP contribution in [0.1, 0.15) is 44.4 Å². The molecule has 2 aromatic rings. The SMILES string of the molecule is CC(c1cc2ccccc2o1)N(C)C(=O)C1NNC2CCCCC21. The summed E-state index contributed by atoms with van der Waals surface area (Å²) < 4.78 is 5.94. The second kappa shape index (κ2) is 6.22. The second-order valence-corrected chi connectivity index (χ2v) is 7.13. The highest BCUT2D eigenvalue weighted by Gasteiger charge is 2.42. The maximum Gasteiger partial charge on any atom is 0.241 e. The van der Waals surface area contributed by atoms with Crippen LogP contribution in [0.4, 0.5) is 0 Å². The minimum absolute atomic E-state index is 0.0886. The Morgan fingerprint density at radius 3 is 2.88 bits per heavy atom. The molecule has 1 aromatic carbocycles. The molecule has 5 nitrogen and oxygen atoms in total. The van der Waals surface area contributed by atoms with E-state index in [-0.39, 0.29) is 18.0 Å². The Hall–Kier alpha value is -1.85. The molecule has 4 atom stereocenters. The summed E-state index contributed by atoms with van der Waals surface area (Å²) in [6.07, 6.45) is 4.75. The van der Waals surface area contributed by atoms with E-state index in [2.05, 4.69) is 10.9 Å². The van der Waals surface area contributed by atoms with Crippen molar-refractivity contribution in [1.29, 1.82) is 0 Å². The first-order valence-electron chi connectivity index (χ1n) is 8.91. The molecule has 0 bridgehead atoms. The van der Waals surface area contributed by atoms with Crippen molar-refractivity contribution < 1.29 is 9.21 Å². The predicted octanol–water partition coefficient (Wildman–Crippen LogP) is 2.99. The van der Waals surface area contributed by atoms with Crippen molar-refractivity contribution >= 4 is 16.9 Å². The maximum atomic E-state index is 13.0. The van der Waals surface area contributed by atoms with E-state index in [1.54, 1.807) is 0 Å². The molecule has 2 N–H and O–H groups in total. The van der Waals surface area contributed by atoms with Crippen LogP contribution in [-0.2, 0) is 4.79 Å². The smallest absolute Gasteiger partial charge is 0.241 e. The molecule has 0 radical (unpaired) electrons. The molecule has 4 unspecified atom stereocenters. The van der Waals surface area contributed by atoms with Gasteiger partial charge in [0.15, 0.2) is 0 Å². The molecule has 0 spiro atoms. The number of furan rings is 1. The van der Waals surface area contributed by atoms with Gasteiger partial charge in [-0.25, -0.2) is 5.43 Å². The van der Waals surface area contributed by atoms with Crippen LogP contribution in [0.25, 0.3) is 11.0 Å². The van der Waals surface area contributed by atoms with Crippen molar-refractivity contribution in [2.75, 3.05) is 7.05 Å². The van der Waals surface area contributed by atoms with E-state index in [1.807, 2.05) is 49.2 Å². The number of rotatable bonds is 3. The predicted molar refractivity (Wildman–Crippen MR) is 93.2 cm³/mol. The van der Waals surface area contributed by atoms with Gasteiger partial charge in [0, 0.05) is 24.4 Å². The summed E-state index contributed by atoms with van der Waals surface area (Å²) >= 11 is 0. The third-order valence-corrected chi connectivity index (χ3v) is 5.72. The van der Waals surface area contributed by atoms with Crippen LogP contribution < -0.4 is 10.9 Å². The molecule has 1 saturated heterocycles. The van der Waals surface area contributed by atoms with Crippen LogP contribution in [0, 0.1) is 5.92 Å². The number of fused-ring (bicyclic) bond motifs is 2. The van der Waals surface area contributed by atoms with Gasteiger partial charge in [-0.3, -0.25) is 10.2 Å². The first-order chi connectivity index (χ1) is 11.6. The van der Waals surface area contributed by atoms with Gasteiger partial charge < -0.3 is 9.32 Å². The Labute approximate surface area is 142 Å². The highest BCUT2D eigenvalue weighted by molar-refractivity contribution is 5.83. The molecule has 2 fully saturated rings. The van der Waals surface area contributed by atoms with Crippen LogP contribution in [0.3, 0.4) is 0 Å². The number of nitrogens with zero attached hydrogens (tertiary/aromatic N) is 1. The minimum Gasteiger partial charge on any atom is -0.459 e. The number of carbonyl (C=O) groups excluding carboxylic acids is 1. The average Bonchev–Trinajstić information content (AvgIpc) is 3.23. The summed E-state index contributed by atoms with van der Waals surface area (Å²) in [5, 5.41) is 1.08. The van der Waals surface area contributed by atoms with Crippen LogP contribution in [0.5, 0.6) is 0 Å². The largest absolute Gasteiger partial charge is 0.459 e. The van der Waals surface area contributed by atoms with Gasteiger partial charge in [-0.2, -0.15) is 0 Å². The number of hydrogen-bond acceptors (Lipinski definition) is 4. The normalized spacial score (nSPS) is 27.8. The molecule has 1 aromatic heterocycles. The number of carbonyl (C=O) groups is 1. The van der Waals surface area contributed by atoms with Crippen LogP contribution in [0.2, 0.25) is 0 Å². The van der Waals surface area contributed by atoms with Gasteiger partial charge in [0.1, 0.15) is 17.4 Å². The van der Waals surface area contributed by atoms with Crippen molar-refractivity contribution in [2.45, 2.75) is 50.7 Å². The first kappa shape index (κ1) is 15.7. The lowest BCUT2D eigenvalue weighted by atomic mass is 9.81. The molecule has 24 heavy (non-hydrogen) atoms. The van der Waals surface area contributed by atoms with Crippen LogP contribution in [-0.4, -0.2) is 29.9 Å². The number of benzene rings is 1. The average molecular weight is 327 g/mol. The molecular formula is C19H25N3O2. The molecule has 128 valence electrons. The second-order valence-electron chi connectivity index (χ2n) is 7.13.